The van der Waals surface area contributed by atoms with Gasteiger partial charge in [0.15, 0.2) is 18.1 Å². The van der Waals surface area contributed by atoms with Crippen molar-refractivity contribution in [3.05, 3.63) is 46.5 Å². The van der Waals surface area contributed by atoms with Gasteiger partial charge >= 0.3 is 0 Å². The zero-order chi connectivity index (χ0) is 17.8. The summed E-state index contributed by atoms with van der Waals surface area (Å²) in [5.74, 6) is 1.57. The number of hydrogen-bond acceptors (Lipinski definition) is 4. The Hall–Kier alpha value is -2.40. The van der Waals surface area contributed by atoms with Crippen molar-refractivity contribution in [2.45, 2.75) is 20.3 Å². The van der Waals surface area contributed by atoms with Crippen molar-refractivity contribution in [3.63, 3.8) is 0 Å². The van der Waals surface area contributed by atoms with Crippen LogP contribution in [0.1, 0.15) is 17.5 Å². The first-order chi connectivity index (χ1) is 12.0. The zero-order valence-corrected chi connectivity index (χ0v) is 15.0. The van der Waals surface area contributed by atoms with Crippen LogP contribution in [0.2, 0.25) is 5.02 Å². The minimum Gasteiger partial charge on any atom is -0.490 e. The molecule has 132 valence electrons. The second-order valence-corrected chi connectivity index (χ2v) is 6.34. The summed E-state index contributed by atoms with van der Waals surface area (Å²) in [6, 6.07) is 9.20. The lowest BCUT2D eigenvalue weighted by Gasteiger charge is -2.13. The van der Waals surface area contributed by atoms with Crippen LogP contribution in [0.3, 0.4) is 0 Å². The van der Waals surface area contributed by atoms with E-state index >= 15 is 0 Å². The van der Waals surface area contributed by atoms with Gasteiger partial charge in [0.25, 0.3) is 5.91 Å². The molecule has 0 radical (unpaired) electrons. The molecule has 6 heteroatoms. The number of carbonyl (C=O) groups is 1. The first-order valence-electron chi connectivity index (χ1n) is 8.12. The van der Waals surface area contributed by atoms with Crippen LogP contribution < -0.4 is 19.5 Å². The second-order valence-electron chi connectivity index (χ2n) is 5.94. The number of fused-ring (bicyclic) bond motifs is 1. The highest BCUT2D eigenvalue weighted by Crippen LogP contribution is 2.37. The van der Waals surface area contributed by atoms with Gasteiger partial charge in [-0.3, -0.25) is 4.79 Å². The highest BCUT2D eigenvalue weighted by molar-refractivity contribution is 6.34. The molecule has 1 aliphatic heterocycles. The van der Waals surface area contributed by atoms with Crippen molar-refractivity contribution < 1.29 is 19.0 Å². The van der Waals surface area contributed by atoms with Gasteiger partial charge in [-0.2, -0.15) is 0 Å². The Morgan fingerprint density at radius 2 is 1.88 bits per heavy atom. The normalized spacial score (nSPS) is 13.1. The third kappa shape index (κ3) is 4.37. The van der Waals surface area contributed by atoms with E-state index in [1.165, 1.54) is 0 Å². The highest BCUT2D eigenvalue weighted by Gasteiger charge is 2.16. The standard InChI is InChI=1S/C19H20ClNO4/c1-12-4-5-13(2)16(8-12)25-11-19(22)21-15-10-18-17(9-14(15)20)23-6-3-7-24-18/h4-5,8-10H,3,6-7,11H2,1-2H3,(H,21,22). The largest absolute Gasteiger partial charge is 0.490 e. The number of benzene rings is 2. The van der Waals surface area contributed by atoms with Crippen LogP contribution in [-0.4, -0.2) is 25.7 Å². The number of halogens is 1. The molecule has 0 saturated heterocycles. The molecular weight excluding hydrogens is 342 g/mol. The summed E-state index contributed by atoms with van der Waals surface area (Å²) < 4.78 is 16.8. The molecule has 0 spiro atoms. The van der Waals surface area contributed by atoms with Gasteiger partial charge in [0.2, 0.25) is 0 Å². The van der Waals surface area contributed by atoms with E-state index in [2.05, 4.69) is 5.32 Å². The Balaban J connectivity index is 1.66. The molecule has 0 atom stereocenters. The summed E-state index contributed by atoms with van der Waals surface area (Å²) in [5, 5.41) is 3.15. The Morgan fingerprint density at radius 1 is 1.16 bits per heavy atom. The van der Waals surface area contributed by atoms with Crippen molar-refractivity contribution >= 4 is 23.2 Å². The SMILES string of the molecule is Cc1ccc(C)c(OCC(=O)Nc2cc3c(cc2Cl)OCCCO3)c1. The average Bonchev–Trinajstić information content (AvgIpc) is 2.81. The minimum absolute atomic E-state index is 0.102. The monoisotopic (exact) mass is 361 g/mol. The number of amides is 1. The number of ether oxygens (including phenoxy) is 3. The highest BCUT2D eigenvalue weighted by atomic mass is 35.5. The van der Waals surface area contributed by atoms with Crippen LogP contribution in [0.4, 0.5) is 5.69 Å². The Bertz CT molecular complexity index is 791. The average molecular weight is 362 g/mol. The summed E-state index contributed by atoms with van der Waals surface area (Å²) in [5.41, 5.74) is 2.53. The first kappa shape index (κ1) is 17.4. The topological polar surface area (TPSA) is 56.8 Å². The third-order valence-corrected chi connectivity index (χ3v) is 4.13. The summed E-state index contributed by atoms with van der Waals surface area (Å²) in [7, 11) is 0. The van der Waals surface area contributed by atoms with Crippen molar-refractivity contribution in [1.82, 2.24) is 0 Å². The van der Waals surface area contributed by atoms with Crippen LogP contribution in [-0.2, 0) is 4.79 Å². The summed E-state index contributed by atoms with van der Waals surface area (Å²) >= 11 is 6.23. The van der Waals surface area contributed by atoms with E-state index in [-0.39, 0.29) is 12.5 Å². The van der Waals surface area contributed by atoms with Crippen LogP contribution in [0.25, 0.3) is 0 Å². The minimum atomic E-state index is -0.294. The number of hydrogen-bond donors (Lipinski definition) is 1. The number of carbonyl (C=O) groups excluding carboxylic acids is 1. The van der Waals surface area contributed by atoms with E-state index in [0.717, 1.165) is 17.5 Å². The predicted molar refractivity (Wildman–Crippen MR) is 97.1 cm³/mol. The van der Waals surface area contributed by atoms with E-state index in [1.54, 1.807) is 12.1 Å². The van der Waals surface area contributed by atoms with Gasteiger partial charge in [-0.1, -0.05) is 23.7 Å². The second kappa shape index (κ2) is 7.66. The first-order valence-corrected chi connectivity index (χ1v) is 8.50. The van der Waals surface area contributed by atoms with Gasteiger partial charge in [-0.25, -0.2) is 0 Å². The van der Waals surface area contributed by atoms with Gasteiger partial charge < -0.3 is 19.5 Å². The van der Waals surface area contributed by atoms with Gasteiger partial charge in [0.1, 0.15) is 5.75 Å². The number of aryl methyl sites for hydroxylation is 2. The van der Waals surface area contributed by atoms with Crippen molar-refractivity contribution in [1.29, 1.82) is 0 Å². The molecule has 0 fully saturated rings. The molecular formula is C19H20ClNO4. The molecule has 1 aliphatic rings. The predicted octanol–water partition coefficient (Wildman–Crippen LogP) is 4.14. The summed E-state index contributed by atoms with van der Waals surface area (Å²) in [6.07, 6.45) is 0.803. The maximum atomic E-state index is 12.2. The zero-order valence-electron chi connectivity index (χ0n) is 14.2. The Morgan fingerprint density at radius 3 is 2.64 bits per heavy atom. The number of anilines is 1. The van der Waals surface area contributed by atoms with Crippen LogP contribution >= 0.6 is 11.6 Å². The van der Waals surface area contributed by atoms with Gasteiger partial charge in [-0.15, -0.1) is 0 Å². The molecule has 1 amide bonds. The quantitative estimate of drug-likeness (QED) is 0.889. The molecule has 1 N–H and O–H groups in total. The molecule has 0 unspecified atom stereocenters. The van der Waals surface area contributed by atoms with Crippen LogP contribution in [0.5, 0.6) is 17.2 Å². The lowest BCUT2D eigenvalue weighted by atomic mass is 10.1. The Labute approximate surface area is 151 Å². The summed E-state index contributed by atoms with van der Waals surface area (Å²) in [4.78, 5) is 12.2. The van der Waals surface area contributed by atoms with E-state index in [4.69, 9.17) is 25.8 Å². The molecule has 1 heterocycles. The fourth-order valence-electron chi connectivity index (χ4n) is 2.47. The lowest BCUT2D eigenvalue weighted by molar-refractivity contribution is -0.118. The van der Waals surface area contributed by atoms with E-state index in [9.17, 15) is 4.79 Å². The number of rotatable bonds is 4. The van der Waals surface area contributed by atoms with Crippen molar-refractivity contribution in [2.24, 2.45) is 0 Å². The van der Waals surface area contributed by atoms with Crippen molar-refractivity contribution in [2.75, 3.05) is 25.1 Å². The van der Waals surface area contributed by atoms with E-state index < -0.39 is 0 Å². The molecule has 0 bridgehead atoms. The van der Waals surface area contributed by atoms with E-state index in [0.29, 0.717) is 41.2 Å². The third-order valence-electron chi connectivity index (χ3n) is 3.81. The lowest BCUT2D eigenvalue weighted by Crippen LogP contribution is -2.20. The molecule has 0 aliphatic carbocycles. The smallest absolute Gasteiger partial charge is 0.262 e. The van der Waals surface area contributed by atoms with E-state index in [1.807, 2.05) is 32.0 Å². The maximum absolute atomic E-state index is 12.2. The molecule has 2 aromatic rings. The molecule has 25 heavy (non-hydrogen) atoms. The van der Waals surface area contributed by atoms with Gasteiger partial charge in [-0.05, 0) is 31.0 Å². The number of nitrogens with one attached hydrogen (secondary N) is 1. The Kier molecular flexibility index (Phi) is 5.34. The molecule has 2 aromatic carbocycles. The molecule has 5 nitrogen and oxygen atoms in total. The fraction of sp³-hybridized carbons (Fsp3) is 0.316. The maximum Gasteiger partial charge on any atom is 0.262 e. The van der Waals surface area contributed by atoms with Crippen molar-refractivity contribution in [3.8, 4) is 17.2 Å². The molecule has 0 aromatic heterocycles. The molecule has 3 rings (SSSR count). The molecule has 0 saturated carbocycles. The summed E-state index contributed by atoms with van der Waals surface area (Å²) in [6.45, 7) is 4.96. The van der Waals surface area contributed by atoms with Gasteiger partial charge in [0, 0.05) is 18.6 Å². The van der Waals surface area contributed by atoms with Gasteiger partial charge in [0.05, 0.1) is 23.9 Å². The fourth-order valence-corrected chi connectivity index (χ4v) is 2.67. The van der Waals surface area contributed by atoms with Crippen LogP contribution in [0, 0.1) is 13.8 Å². The van der Waals surface area contributed by atoms with Crippen LogP contribution in [0.15, 0.2) is 30.3 Å².